The van der Waals surface area contributed by atoms with Gasteiger partial charge in [-0.15, -0.1) is 17.9 Å². The third kappa shape index (κ3) is 4.58. The summed E-state index contributed by atoms with van der Waals surface area (Å²) in [5, 5.41) is 3.75. The van der Waals surface area contributed by atoms with Gasteiger partial charge in [0.05, 0.1) is 28.1 Å². The number of nitrogens with zero attached hydrogens (tertiary/aromatic N) is 2. The summed E-state index contributed by atoms with van der Waals surface area (Å²) >= 11 is 2.59. The van der Waals surface area contributed by atoms with Crippen LogP contribution in [0.5, 0.6) is 0 Å². The van der Waals surface area contributed by atoms with Crippen molar-refractivity contribution in [2.75, 3.05) is 5.75 Å². The molecule has 8 heteroatoms. The van der Waals surface area contributed by atoms with Crippen LogP contribution in [0.1, 0.15) is 21.5 Å². The molecule has 0 saturated carbocycles. The Balaban J connectivity index is 1.78. The average molecular weight is 414 g/mol. The Bertz CT molecular complexity index is 1100. The second-order valence-corrected chi connectivity index (χ2v) is 8.11. The molecule has 0 aliphatic heterocycles. The summed E-state index contributed by atoms with van der Waals surface area (Å²) in [4.78, 5) is 42.4. The fourth-order valence-electron chi connectivity index (χ4n) is 2.58. The molecule has 0 unspecified atom stereocenters. The molecule has 0 bridgehead atoms. The first-order valence-corrected chi connectivity index (χ1v) is 10.4. The second kappa shape index (κ2) is 8.99. The molecule has 0 aliphatic carbocycles. The molecule has 0 atom stereocenters. The highest BCUT2D eigenvalue weighted by atomic mass is 32.2. The van der Waals surface area contributed by atoms with E-state index in [0.29, 0.717) is 34.0 Å². The van der Waals surface area contributed by atoms with Crippen molar-refractivity contribution in [3.63, 3.8) is 0 Å². The first-order chi connectivity index (χ1) is 13.5. The molecule has 2 aromatic heterocycles. The van der Waals surface area contributed by atoms with Crippen molar-refractivity contribution in [1.29, 1.82) is 0 Å². The maximum absolute atomic E-state index is 12.7. The lowest BCUT2D eigenvalue weighted by Crippen LogP contribution is -2.23. The number of hydrogen-bond acceptors (Lipinski definition) is 6. The lowest BCUT2D eigenvalue weighted by atomic mass is 10.2. The number of fused-ring (bicyclic) bond motifs is 1. The van der Waals surface area contributed by atoms with E-state index in [2.05, 4.69) is 16.9 Å². The predicted molar refractivity (Wildman–Crippen MR) is 113 cm³/mol. The zero-order valence-corrected chi connectivity index (χ0v) is 16.9. The molecule has 6 nitrogen and oxygen atoms in total. The van der Waals surface area contributed by atoms with E-state index in [4.69, 9.17) is 0 Å². The normalized spacial score (nSPS) is 10.8. The number of allylic oxidation sites excluding steroid dienone is 1. The molecule has 3 aromatic rings. The maximum Gasteiger partial charge on any atom is 0.262 e. The largest absolute Gasteiger partial charge is 0.351 e. The fourth-order valence-corrected chi connectivity index (χ4v) is 4.45. The zero-order valence-electron chi connectivity index (χ0n) is 15.3. The lowest BCUT2D eigenvalue weighted by molar-refractivity contribution is -0.119. The number of para-hydroxylation sites is 1. The van der Waals surface area contributed by atoms with Crippen molar-refractivity contribution in [2.45, 2.75) is 25.2 Å². The van der Waals surface area contributed by atoms with Crippen molar-refractivity contribution in [2.24, 2.45) is 0 Å². The van der Waals surface area contributed by atoms with E-state index >= 15 is 0 Å². The predicted octanol–water partition coefficient (Wildman–Crippen LogP) is 3.26. The van der Waals surface area contributed by atoms with Crippen LogP contribution in [0.2, 0.25) is 0 Å². The summed E-state index contributed by atoms with van der Waals surface area (Å²) in [6, 6.07) is 10.8. The van der Waals surface area contributed by atoms with Gasteiger partial charge >= 0.3 is 0 Å². The van der Waals surface area contributed by atoms with Gasteiger partial charge < -0.3 is 5.32 Å². The van der Waals surface area contributed by atoms with Crippen molar-refractivity contribution in [3.05, 3.63) is 69.2 Å². The minimum absolute atomic E-state index is 0.0448. The molecule has 1 N–H and O–H groups in total. The topological polar surface area (TPSA) is 81.1 Å². The highest BCUT2D eigenvalue weighted by Gasteiger charge is 2.15. The molecule has 0 radical (unpaired) electrons. The molecule has 3 rings (SSSR count). The minimum Gasteiger partial charge on any atom is -0.351 e. The molecule has 1 aromatic carbocycles. The second-order valence-electron chi connectivity index (χ2n) is 6.00. The standard InChI is InChI=1S/C20H19N3O3S2/c1-3-10-23-19(26)15-6-4-5-7-16(15)22-20(23)27-12-17(25)18-9-8-14(28-18)11-21-13(2)24/h3-9H,1,10-12H2,2H3,(H,21,24). The SMILES string of the molecule is C=CCn1c(SCC(=O)c2ccc(CNC(C)=O)s2)nc2ccccc2c1=O. The van der Waals surface area contributed by atoms with E-state index in [9.17, 15) is 14.4 Å². The van der Waals surface area contributed by atoms with Gasteiger partial charge in [0.2, 0.25) is 5.91 Å². The first-order valence-electron chi connectivity index (χ1n) is 8.59. The minimum atomic E-state index is -0.144. The van der Waals surface area contributed by atoms with Gasteiger partial charge in [-0.2, -0.15) is 0 Å². The zero-order chi connectivity index (χ0) is 20.1. The van der Waals surface area contributed by atoms with Crippen LogP contribution in [0.25, 0.3) is 10.9 Å². The van der Waals surface area contributed by atoms with E-state index in [1.807, 2.05) is 12.1 Å². The highest BCUT2D eigenvalue weighted by molar-refractivity contribution is 7.99. The Kier molecular flexibility index (Phi) is 6.43. The number of nitrogens with one attached hydrogen (secondary N) is 1. The van der Waals surface area contributed by atoms with Gasteiger partial charge in [0.25, 0.3) is 5.56 Å². The molecular weight excluding hydrogens is 394 g/mol. The molecule has 0 spiro atoms. The van der Waals surface area contributed by atoms with Gasteiger partial charge in [-0.3, -0.25) is 19.0 Å². The third-order valence-corrected chi connectivity index (χ3v) is 6.02. The Labute approximate surface area is 170 Å². The lowest BCUT2D eigenvalue weighted by Gasteiger charge is -2.10. The summed E-state index contributed by atoms with van der Waals surface area (Å²) in [5.74, 6) is 0.0122. The van der Waals surface area contributed by atoms with Gasteiger partial charge in [0, 0.05) is 18.3 Å². The quantitative estimate of drug-likeness (QED) is 0.265. The van der Waals surface area contributed by atoms with Crippen LogP contribution >= 0.6 is 23.1 Å². The van der Waals surface area contributed by atoms with E-state index in [1.54, 1.807) is 30.3 Å². The van der Waals surface area contributed by atoms with Gasteiger partial charge in [0.1, 0.15) is 0 Å². The van der Waals surface area contributed by atoms with Gasteiger partial charge in [-0.25, -0.2) is 4.98 Å². The molecule has 1 amide bonds. The summed E-state index contributed by atoms with van der Waals surface area (Å²) in [5.41, 5.74) is 0.464. The number of aromatic nitrogens is 2. The van der Waals surface area contributed by atoms with Crippen LogP contribution in [0, 0.1) is 0 Å². The molecule has 144 valence electrons. The number of carbonyl (C=O) groups is 2. The molecular formula is C20H19N3O3S2. The van der Waals surface area contributed by atoms with Crippen LogP contribution in [0.3, 0.4) is 0 Å². The first kappa shape index (κ1) is 20.0. The van der Waals surface area contributed by atoms with E-state index in [-0.39, 0.29) is 23.0 Å². The number of rotatable bonds is 8. The van der Waals surface area contributed by atoms with E-state index < -0.39 is 0 Å². The van der Waals surface area contributed by atoms with Crippen LogP contribution in [0.15, 0.2) is 59.0 Å². The number of benzene rings is 1. The number of hydrogen-bond donors (Lipinski definition) is 1. The van der Waals surface area contributed by atoms with Crippen LogP contribution in [-0.2, 0) is 17.9 Å². The van der Waals surface area contributed by atoms with Crippen LogP contribution in [0.4, 0.5) is 0 Å². The number of carbonyl (C=O) groups excluding carboxylic acids is 2. The number of amides is 1. The fraction of sp³-hybridized carbons (Fsp3) is 0.200. The number of thioether (sulfide) groups is 1. The highest BCUT2D eigenvalue weighted by Crippen LogP contribution is 2.22. The Morgan fingerprint density at radius 1 is 1.29 bits per heavy atom. The smallest absolute Gasteiger partial charge is 0.262 e. The van der Waals surface area contributed by atoms with Crippen molar-refractivity contribution in [3.8, 4) is 0 Å². The van der Waals surface area contributed by atoms with Crippen LogP contribution < -0.4 is 10.9 Å². The molecule has 2 heterocycles. The number of ketones is 1. The summed E-state index contributed by atoms with van der Waals surface area (Å²) in [7, 11) is 0. The number of thiophene rings is 1. The maximum atomic E-state index is 12.7. The van der Waals surface area contributed by atoms with Gasteiger partial charge in [0.15, 0.2) is 10.9 Å². The Hall–Kier alpha value is -2.71. The average Bonchev–Trinajstić information content (AvgIpc) is 3.16. The molecule has 28 heavy (non-hydrogen) atoms. The Morgan fingerprint density at radius 2 is 2.07 bits per heavy atom. The van der Waals surface area contributed by atoms with E-state index in [0.717, 1.165) is 4.88 Å². The van der Waals surface area contributed by atoms with Crippen molar-refractivity contribution in [1.82, 2.24) is 14.9 Å². The summed E-state index contributed by atoms with van der Waals surface area (Å²) < 4.78 is 1.53. The van der Waals surface area contributed by atoms with Gasteiger partial charge in [-0.1, -0.05) is 30.0 Å². The van der Waals surface area contributed by atoms with Crippen molar-refractivity contribution >= 4 is 45.7 Å². The Morgan fingerprint density at radius 3 is 2.82 bits per heavy atom. The van der Waals surface area contributed by atoms with Crippen LogP contribution in [-0.4, -0.2) is 27.0 Å². The van der Waals surface area contributed by atoms with Gasteiger partial charge in [-0.05, 0) is 24.3 Å². The molecule has 0 aliphatic rings. The summed E-state index contributed by atoms with van der Waals surface area (Å²) in [6.45, 7) is 5.89. The molecule has 0 fully saturated rings. The van der Waals surface area contributed by atoms with E-state index in [1.165, 1.54) is 34.6 Å². The molecule has 0 saturated heterocycles. The number of Topliss-reactive ketones (excluding diaryl/α,β-unsaturated/α-hetero) is 1. The monoisotopic (exact) mass is 413 g/mol. The summed E-state index contributed by atoms with van der Waals surface area (Å²) in [6.07, 6.45) is 1.64. The third-order valence-electron chi connectivity index (χ3n) is 3.92. The van der Waals surface area contributed by atoms with Crippen molar-refractivity contribution < 1.29 is 9.59 Å².